The molecule has 1 aromatic heterocycles. The predicted octanol–water partition coefficient (Wildman–Crippen LogP) is 3.26. The van der Waals surface area contributed by atoms with Crippen LogP contribution in [0.15, 0.2) is 0 Å². The van der Waals surface area contributed by atoms with Crippen LogP contribution < -0.4 is 5.32 Å². The molecule has 0 saturated heterocycles. The van der Waals surface area contributed by atoms with Gasteiger partial charge in [-0.3, -0.25) is 0 Å². The largest absolute Gasteiger partial charge is 0.310 e. The Balaban J connectivity index is 2.10. The molecule has 1 aliphatic rings. The average molecular weight is 238 g/mol. The van der Waals surface area contributed by atoms with Crippen molar-refractivity contribution in [2.75, 3.05) is 6.54 Å². The first kappa shape index (κ1) is 12.1. The van der Waals surface area contributed by atoms with E-state index in [1.165, 1.54) is 41.3 Å². The van der Waals surface area contributed by atoms with Gasteiger partial charge >= 0.3 is 0 Å². The summed E-state index contributed by atoms with van der Waals surface area (Å²) < 4.78 is 0. The number of aromatic nitrogens is 1. The molecule has 0 fully saturated rings. The topological polar surface area (TPSA) is 24.9 Å². The fourth-order valence-electron chi connectivity index (χ4n) is 2.36. The Bertz CT molecular complexity index is 355. The molecule has 0 amide bonds. The molecular formula is C13H22N2S. The number of aryl methyl sites for hydroxylation is 1. The predicted molar refractivity (Wildman–Crippen MR) is 70.1 cm³/mol. The number of rotatable bonds is 4. The summed E-state index contributed by atoms with van der Waals surface area (Å²) in [6.45, 7) is 8.89. The van der Waals surface area contributed by atoms with E-state index in [1.54, 1.807) is 0 Å². The maximum absolute atomic E-state index is 4.83. The molecule has 1 N–H and O–H groups in total. The summed E-state index contributed by atoms with van der Waals surface area (Å²) >= 11 is 1.91. The van der Waals surface area contributed by atoms with Crippen LogP contribution in [0.2, 0.25) is 0 Å². The van der Waals surface area contributed by atoms with Crippen molar-refractivity contribution in [1.82, 2.24) is 10.3 Å². The van der Waals surface area contributed by atoms with Crippen molar-refractivity contribution in [3.05, 3.63) is 15.6 Å². The number of nitrogens with one attached hydrogen (secondary N) is 1. The highest BCUT2D eigenvalue weighted by Gasteiger charge is 2.30. The zero-order valence-electron chi connectivity index (χ0n) is 10.6. The lowest BCUT2D eigenvalue weighted by molar-refractivity contribution is 0.423. The minimum atomic E-state index is 0.299. The van der Waals surface area contributed by atoms with E-state index in [0.717, 1.165) is 13.1 Å². The van der Waals surface area contributed by atoms with Gasteiger partial charge in [-0.15, -0.1) is 11.3 Å². The highest BCUT2D eigenvalue weighted by molar-refractivity contribution is 7.11. The molecule has 3 heteroatoms. The van der Waals surface area contributed by atoms with Gasteiger partial charge in [-0.2, -0.15) is 0 Å². The zero-order chi connectivity index (χ0) is 11.6. The molecule has 0 radical (unpaired) electrons. The van der Waals surface area contributed by atoms with Crippen LogP contribution in [0.1, 0.15) is 55.6 Å². The molecule has 2 nitrogen and oxygen atoms in total. The van der Waals surface area contributed by atoms with E-state index >= 15 is 0 Å². The SMILES string of the molecule is CCCNCc1nc2c(s1)CCCC2(C)C. The van der Waals surface area contributed by atoms with Gasteiger partial charge in [0.25, 0.3) is 0 Å². The van der Waals surface area contributed by atoms with E-state index in [2.05, 4.69) is 26.1 Å². The first-order valence-corrected chi connectivity index (χ1v) is 7.15. The van der Waals surface area contributed by atoms with Crippen molar-refractivity contribution in [1.29, 1.82) is 0 Å². The average Bonchev–Trinajstić information content (AvgIpc) is 2.62. The third-order valence-electron chi connectivity index (χ3n) is 3.29. The van der Waals surface area contributed by atoms with Crippen molar-refractivity contribution in [3.8, 4) is 0 Å². The maximum atomic E-state index is 4.83. The maximum Gasteiger partial charge on any atom is 0.107 e. The van der Waals surface area contributed by atoms with Crippen LogP contribution in [0.4, 0.5) is 0 Å². The lowest BCUT2D eigenvalue weighted by atomic mass is 9.79. The summed E-state index contributed by atoms with van der Waals surface area (Å²) in [5, 5.41) is 4.71. The number of hydrogen-bond acceptors (Lipinski definition) is 3. The lowest BCUT2D eigenvalue weighted by Crippen LogP contribution is -2.23. The van der Waals surface area contributed by atoms with Crippen LogP contribution in [0.25, 0.3) is 0 Å². The van der Waals surface area contributed by atoms with Gasteiger partial charge in [-0.1, -0.05) is 20.8 Å². The van der Waals surface area contributed by atoms with Gasteiger partial charge in [0, 0.05) is 16.8 Å². The summed E-state index contributed by atoms with van der Waals surface area (Å²) in [6.07, 6.45) is 5.04. The molecule has 1 heterocycles. The zero-order valence-corrected chi connectivity index (χ0v) is 11.4. The highest BCUT2D eigenvalue weighted by atomic mass is 32.1. The smallest absolute Gasteiger partial charge is 0.107 e. The van der Waals surface area contributed by atoms with Crippen LogP contribution in [0.5, 0.6) is 0 Å². The van der Waals surface area contributed by atoms with Crippen LogP contribution in [-0.2, 0) is 18.4 Å². The molecule has 1 aliphatic carbocycles. The highest BCUT2D eigenvalue weighted by Crippen LogP contribution is 2.38. The van der Waals surface area contributed by atoms with Gasteiger partial charge in [-0.05, 0) is 32.2 Å². The summed E-state index contributed by atoms with van der Waals surface area (Å²) in [5.41, 5.74) is 1.67. The van der Waals surface area contributed by atoms with E-state index in [4.69, 9.17) is 4.98 Å². The number of nitrogens with zero attached hydrogens (tertiary/aromatic N) is 1. The van der Waals surface area contributed by atoms with Gasteiger partial charge in [0.1, 0.15) is 5.01 Å². The summed E-state index contributed by atoms with van der Waals surface area (Å²) in [4.78, 5) is 6.36. The molecule has 0 atom stereocenters. The van der Waals surface area contributed by atoms with Gasteiger partial charge in [0.2, 0.25) is 0 Å². The van der Waals surface area contributed by atoms with Crippen molar-refractivity contribution in [3.63, 3.8) is 0 Å². The van der Waals surface area contributed by atoms with Crippen molar-refractivity contribution >= 4 is 11.3 Å². The normalized spacial score (nSPS) is 18.4. The summed E-state index contributed by atoms with van der Waals surface area (Å²) in [5.74, 6) is 0. The van der Waals surface area contributed by atoms with Crippen molar-refractivity contribution in [2.45, 2.75) is 58.4 Å². The Hall–Kier alpha value is -0.410. The van der Waals surface area contributed by atoms with Crippen molar-refractivity contribution in [2.24, 2.45) is 0 Å². The quantitative estimate of drug-likeness (QED) is 0.814. The molecule has 2 rings (SSSR count). The third kappa shape index (κ3) is 2.46. The fraction of sp³-hybridized carbons (Fsp3) is 0.769. The molecule has 90 valence electrons. The summed E-state index contributed by atoms with van der Waals surface area (Å²) in [6, 6.07) is 0. The standard InChI is InChI=1S/C13H22N2S/c1-4-8-14-9-11-15-12-10(16-11)6-5-7-13(12,2)3/h14H,4-9H2,1-3H3. The first-order chi connectivity index (χ1) is 7.63. The Labute approximate surface area is 102 Å². The van der Waals surface area contributed by atoms with Crippen LogP contribution in [-0.4, -0.2) is 11.5 Å². The van der Waals surface area contributed by atoms with Crippen molar-refractivity contribution < 1.29 is 0 Å². The molecule has 1 aromatic rings. The Morgan fingerprint density at radius 2 is 2.25 bits per heavy atom. The number of thiazole rings is 1. The van der Waals surface area contributed by atoms with Gasteiger partial charge in [-0.25, -0.2) is 4.98 Å². The second kappa shape index (κ2) is 4.84. The fourth-order valence-corrected chi connectivity index (χ4v) is 3.62. The van der Waals surface area contributed by atoms with Crippen LogP contribution >= 0.6 is 11.3 Å². The van der Waals surface area contributed by atoms with E-state index in [-0.39, 0.29) is 0 Å². The van der Waals surface area contributed by atoms with E-state index in [0.29, 0.717) is 5.41 Å². The molecule has 0 saturated carbocycles. The number of fused-ring (bicyclic) bond motifs is 1. The van der Waals surface area contributed by atoms with Gasteiger partial charge in [0.05, 0.1) is 5.69 Å². The molecule has 0 aliphatic heterocycles. The Morgan fingerprint density at radius 1 is 1.44 bits per heavy atom. The second-order valence-electron chi connectivity index (χ2n) is 5.29. The van der Waals surface area contributed by atoms with E-state index < -0.39 is 0 Å². The Morgan fingerprint density at radius 3 is 2.94 bits per heavy atom. The molecule has 0 spiro atoms. The van der Waals surface area contributed by atoms with Crippen LogP contribution in [0.3, 0.4) is 0 Å². The number of hydrogen-bond donors (Lipinski definition) is 1. The Kier molecular flexibility index (Phi) is 3.65. The molecule has 0 bridgehead atoms. The van der Waals surface area contributed by atoms with Gasteiger partial charge < -0.3 is 5.32 Å². The van der Waals surface area contributed by atoms with E-state index in [1.807, 2.05) is 11.3 Å². The first-order valence-electron chi connectivity index (χ1n) is 6.33. The minimum Gasteiger partial charge on any atom is -0.310 e. The lowest BCUT2D eigenvalue weighted by Gasteiger charge is -2.28. The molecular weight excluding hydrogens is 216 g/mol. The minimum absolute atomic E-state index is 0.299. The summed E-state index contributed by atoms with van der Waals surface area (Å²) in [7, 11) is 0. The molecule has 0 aromatic carbocycles. The monoisotopic (exact) mass is 238 g/mol. The van der Waals surface area contributed by atoms with E-state index in [9.17, 15) is 0 Å². The second-order valence-corrected chi connectivity index (χ2v) is 6.46. The third-order valence-corrected chi connectivity index (χ3v) is 4.41. The molecule has 0 unspecified atom stereocenters. The van der Waals surface area contributed by atoms with Crippen LogP contribution in [0, 0.1) is 0 Å². The van der Waals surface area contributed by atoms with Gasteiger partial charge in [0.15, 0.2) is 0 Å². The molecule has 16 heavy (non-hydrogen) atoms.